The van der Waals surface area contributed by atoms with Crippen LogP contribution in [0.3, 0.4) is 0 Å². The Morgan fingerprint density at radius 2 is 2.00 bits per heavy atom. The predicted molar refractivity (Wildman–Crippen MR) is 68.6 cm³/mol. The summed E-state index contributed by atoms with van der Waals surface area (Å²) in [6.45, 7) is 4.57. The van der Waals surface area contributed by atoms with E-state index in [-0.39, 0.29) is 0 Å². The molecular weight excluding hydrogens is 196 g/mol. The van der Waals surface area contributed by atoms with E-state index >= 15 is 0 Å². The smallest absolute Gasteiger partial charge is 0.125 e. The summed E-state index contributed by atoms with van der Waals surface area (Å²) >= 11 is 0. The Hall–Kier alpha value is -1.31. The minimum atomic E-state index is 0.305. The van der Waals surface area contributed by atoms with E-state index in [0.717, 1.165) is 5.56 Å². The quantitative estimate of drug-likeness (QED) is 0.599. The molecule has 2 nitrogen and oxygen atoms in total. The van der Waals surface area contributed by atoms with Crippen LogP contribution in [0.2, 0.25) is 0 Å². The second-order valence-electron chi connectivity index (χ2n) is 5.28. The SMILES string of the molecule is CC1(C)CCCC1N=C(N)c1ccccc1. The van der Waals surface area contributed by atoms with Gasteiger partial charge in [0.1, 0.15) is 5.84 Å². The summed E-state index contributed by atoms with van der Waals surface area (Å²) < 4.78 is 0. The highest BCUT2D eigenvalue weighted by atomic mass is 14.9. The first kappa shape index (κ1) is 11.2. The van der Waals surface area contributed by atoms with Crippen LogP contribution in [0.15, 0.2) is 35.3 Å². The van der Waals surface area contributed by atoms with Gasteiger partial charge in [0.2, 0.25) is 0 Å². The van der Waals surface area contributed by atoms with E-state index in [1.54, 1.807) is 0 Å². The van der Waals surface area contributed by atoms with Gasteiger partial charge in [0.05, 0.1) is 6.04 Å². The second kappa shape index (κ2) is 4.28. The van der Waals surface area contributed by atoms with Gasteiger partial charge in [0.15, 0.2) is 0 Å². The van der Waals surface area contributed by atoms with Crippen molar-refractivity contribution in [3.8, 4) is 0 Å². The lowest BCUT2D eigenvalue weighted by Crippen LogP contribution is -2.25. The number of hydrogen-bond acceptors (Lipinski definition) is 1. The minimum absolute atomic E-state index is 0.305. The van der Waals surface area contributed by atoms with E-state index in [1.807, 2.05) is 30.3 Å². The fourth-order valence-electron chi connectivity index (χ4n) is 2.40. The molecular formula is C14H20N2. The molecule has 1 aromatic carbocycles. The van der Waals surface area contributed by atoms with Gasteiger partial charge in [-0.2, -0.15) is 0 Å². The molecule has 1 aliphatic rings. The van der Waals surface area contributed by atoms with E-state index in [9.17, 15) is 0 Å². The Bertz CT molecular complexity index is 379. The molecule has 1 fully saturated rings. The summed E-state index contributed by atoms with van der Waals surface area (Å²) in [5, 5.41) is 0. The fraction of sp³-hybridized carbons (Fsp3) is 0.500. The summed E-state index contributed by atoms with van der Waals surface area (Å²) in [6.07, 6.45) is 3.69. The van der Waals surface area contributed by atoms with Crippen LogP contribution in [0.25, 0.3) is 0 Å². The van der Waals surface area contributed by atoms with Gasteiger partial charge in [0.25, 0.3) is 0 Å². The molecule has 16 heavy (non-hydrogen) atoms. The van der Waals surface area contributed by atoms with Crippen molar-refractivity contribution in [3.63, 3.8) is 0 Å². The van der Waals surface area contributed by atoms with Crippen molar-refractivity contribution in [2.75, 3.05) is 0 Å². The zero-order chi connectivity index (χ0) is 11.6. The number of rotatable bonds is 2. The number of nitrogens with zero attached hydrogens (tertiary/aromatic N) is 1. The van der Waals surface area contributed by atoms with Crippen LogP contribution in [0.4, 0.5) is 0 Å². The van der Waals surface area contributed by atoms with Crippen LogP contribution in [0, 0.1) is 5.41 Å². The molecule has 2 rings (SSSR count). The highest BCUT2D eigenvalue weighted by Gasteiger charge is 2.34. The van der Waals surface area contributed by atoms with Crippen LogP contribution in [-0.2, 0) is 0 Å². The van der Waals surface area contributed by atoms with Crippen molar-refractivity contribution >= 4 is 5.84 Å². The van der Waals surface area contributed by atoms with Gasteiger partial charge < -0.3 is 5.73 Å². The molecule has 1 aromatic rings. The lowest BCUT2D eigenvalue weighted by atomic mass is 9.88. The maximum absolute atomic E-state index is 6.05. The van der Waals surface area contributed by atoms with Crippen molar-refractivity contribution in [2.45, 2.75) is 39.2 Å². The molecule has 2 heteroatoms. The van der Waals surface area contributed by atoms with Crippen molar-refractivity contribution in [1.29, 1.82) is 0 Å². The number of nitrogens with two attached hydrogens (primary N) is 1. The summed E-state index contributed by atoms with van der Waals surface area (Å²) in [4.78, 5) is 4.69. The van der Waals surface area contributed by atoms with Gasteiger partial charge in [-0.1, -0.05) is 50.6 Å². The summed E-state index contributed by atoms with van der Waals surface area (Å²) in [7, 11) is 0. The highest BCUT2D eigenvalue weighted by molar-refractivity contribution is 5.97. The molecule has 0 spiro atoms. The summed E-state index contributed by atoms with van der Waals surface area (Å²) in [5.41, 5.74) is 7.38. The topological polar surface area (TPSA) is 38.4 Å². The molecule has 0 aliphatic heterocycles. The van der Waals surface area contributed by atoms with Crippen LogP contribution in [0.1, 0.15) is 38.7 Å². The van der Waals surface area contributed by atoms with Gasteiger partial charge in [0, 0.05) is 5.56 Å². The Morgan fingerprint density at radius 1 is 1.31 bits per heavy atom. The molecule has 1 aliphatic carbocycles. The average Bonchev–Trinajstić information content (AvgIpc) is 2.59. The molecule has 0 heterocycles. The first-order valence-corrected chi connectivity index (χ1v) is 5.98. The first-order valence-electron chi connectivity index (χ1n) is 5.98. The van der Waals surface area contributed by atoms with Crippen molar-refractivity contribution in [1.82, 2.24) is 0 Å². The normalized spacial score (nSPS) is 24.6. The third kappa shape index (κ3) is 2.26. The minimum Gasteiger partial charge on any atom is -0.383 e. The Kier molecular flexibility index (Phi) is 2.99. The Morgan fingerprint density at radius 3 is 2.56 bits per heavy atom. The van der Waals surface area contributed by atoms with Crippen molar-refractivity contribution in [3.05, 3.63) is 35.9 Å². The van der Waals surface area contributed by atoms with Crippen LogP contribution in [-0.4, -0.2) is 11.9 Å². The van der Waals surface area contributed by atoms with Gasteiger partial charge in [-0.3, -0.25) is 4.99 Å². The van der Waals surface area contributed by atoms with Crippen LogP contribution < -0.4 is 5.73 Å². The molecule has 1 atom stereocenters. The molecule has 2 N–H and O–H groups in total. The van der Waals surface area contributed by atoms with E-state index in [4.69, 9.17) is 10.7 Å². The predicted octanol–water partition coefficient (Wildman–Crippen LogP) is 2.97. The molecule has 0 bridgehead atoms. The summed E-state index contributed by atoms with van der Waals surface area (Å²) in [6, 6.07) is 10.4. The number of benzene rings is 1. The molecule has 0 aromatic heterocycles. The Labute approximate surface area is 97.6 Å². The maximum Gasteiger partial charge on any atom is 0.125 e. The lowest BCUT2D eigenvalue weighted by molar-refractivity contribution is 0.334. The van der Waals surface area contributed by atoms with Gasteiger partial charge in [-0.15, -0.1) is 0 Å². The van der Waals surface area contributed by atoms with Gasteiger partial charge in [-0.05, 0) is 18.3 Å². The van der Waals surface area contributed by atoms with E-state index in [0.29, 0.717) is 17.3 Å². The molecule has 0 radical (unpaired) electrons. The lowest BCUT2D eigenvalue weighted by Gasteiger charge is -2.23. The van der Waals surface area contributed by atoms with E-state index in [1.165, 1.54) is 19.3 Å². The molecule has 0 saturated heterocycles. The largest absolute Gasteiger partial charge is 0.383 e. The third-order valence-corrected chi connectivity index (χ3v) is 3.57. The molecule has 1 saturated carbocycles. The summed E-state index contributed by atoms with van der Waals surface area (Å²) in [5.74, 6) is 0.681. The molecule has 1 unspecified atom stereocenters. The Balaban J connectivity index is 2.19. The number of amidine groups is 1. The maximum atomic E-state index is 6.05. The third-order valence-electron chi connectivity index (χ3n) is 3.57. The van der Waals surface area contributed by atoms with Crippen LogP contribution in [0.5, 0.6) is 0 Å². The van der Waals surface area contributed by atoms with Gasteiger partial charge in [-0.25, -0.2) is 0 Å². The molecule has 0 amide bonds. The number of aliphatic imine (C=N–C) groups is 1. The van der Waals surface area contributed by atoms with E-state index < -0.39 is 0 Å². The standard InChI is InChI=1S/C14H20N2/c1-14(2)10-6-9-12(14)16-13(15)11-7-4-3-5-8-11/h3-5,7-8,12H,6,9-10H2,1-2H3,(H2,15,16). The number of hydrogen-bond donors (Lipinski definition) is 1. The first-order chi connectivity index (χ1) is 7.59. The van der Waals surface area contributed by atoms with Crippen molar-refractivity contribution in [2.24, 2.45) is 16.1 Å². The zero-order valence-electron chi connectivity index (χ0n) is 10.1. The fourth-order valence-corrected chi connectivity index (χ4v) is 2.40. The van der Waals surface area contributed by atoms with Crippen molar-refractivity contribution < 1.29 is 0 Å². The van der Waals surface area contributed by atoms with Gasteiger partial charge >= 0.3 is 0 Å². The highest BCUT2D eigenvalue weighted by Crippen LogP contribution is 2.39. The molecule has 86 valence electrons. The zero-order valence-corrected chi connectivity index (χ0v) is 10.1. The second-order valence-corrected chi connectivity index (χ2v) is 5.28. The van der Waals surface area contributed by atoms with E-state index in [2.05, 4.69) is 13.8 Å². The average molecular weight is 216 g/mol. The van der Waals surface area contributed by atoms with Crippen LogP contribution >= 0.6 is 0 Å². The monoisotopic (exact) mass is 216 g/mol.